The number of hydrogen-bond donors (Lipinski definition) is 3. The van der Waals surface area contributed by atoms with Crippen molar-refractivity contribution in [3.05, 3.63) is 45.9 Å². The average molecular weight is 404 g/mol. The maximum Gasteiger partial charge on any atom is 0.443 e. The van der Waals surface area contributed by atoms with Crippen molar-refractivity contribution in [2.45, 2.75) is 31.7 Å². The van der Waals surface area contributed by atoms with Gasteiger partial charge in [0.2, 0.25) is 0 Å². The Balaban J connectivity index is 1.80. The number of halogens is 3. The maximum absolute atomic E-state index is 12.5. The molecular formula is C17H19F3N2O4S. The summed E-state index contributed by atoms with van der Waals surface area (Å²) in [5, 5.41) is 21.9. The minimum Gasteiger partial charge on any atom is -0.482 e. The van der Waals surface area contributed by atoms with Crippen LogP contribution in [0.4, 0.5) is 13.2 Å². The van der Waals surface area contributed by atoms with Crippen LogP contribution >= 0.6 is 11.3 Å². The third-order valence-corrected chi connectivity index (χ3v) is 4.50. The number of alkyl halides is 3. The van der Waals surface area contributed by atoms with E-state index < -0.39 is 29.9 Å². The van der Waals surface area contributed by atoms with Gasteiger partial charge in [0.1, 0.15) is 11.9 Å². The van der Waals surface area contributed by atoms with Gasteiger partial charge in [-0.25, -0.2) is 9.78 Å². The quantitative estimate of drug-likeness (QED) is 0.595. The van der Waals surface area contributed by atoms with Crippen LogP contribution in [-0.2, 0) is 17.4 Å². The number of nitrogens with zero attached hydrogens (tertiary/aromatic N) is 1. The maximum atomic E-state index is 12.5. The van der Waals surface area contributed by atoms with Crippen LogP contribution in [-0.4, -0.2) is 40.4 Å². The summed E-state index contributed by atoms with van der Waals surface area (Å²) in [6, 6.07) is 6.86. The third-order valence-electron chi connectivity index (χ3n) is 3.59. The summed E-state index contributed by atoms with van der Waals surface area (Å²) in [6.45, 7) is 1.54. The zero-order chi connectivity index (χ0) is 20.0. The fraction of sp³-hybridized carbons (Fsp3) is 0.412. The number of aliphatic carboxylic acids is 1. The molecular weight excluding hydrogens is 385 g/mol. The summed E-state index contributed by atoms with van der Waals surface area (Å²) in [7, 11) is 0. The number of ether oxygens (including phenoxy) is 1. The highest BCUT2D eigenvalue weighted by Gasteiger charge is 2.35. The fourth-order valence-electron chi connectivity index (χ4n) is 2.28. The number of carboxylic acid groups (broad SMARTS) is 1. The fourth-order valence-corrected chi connectivity index (χ4v) is 3.01. The average Bonchev–Trinajstić information content (AvgIpc) is 3.09. The molecule has 1 heterocycles. The van der Waals surface area contributed by atoms with E-state index >= 15 is 0 Å². The van der Waals surface area contributed by atoms with Gasteiger partial charge in [0, 0.05) is 18.0 Å². The molecule has 3 N–H and O–H groups in total. The molecule has 0 radical (unpaired) electrons. The largest absolute Gasteiger partial charge is 0.482 e. The van der Waals surface area contributed by atoms with Crippen LogP contribution in [0.25, 0.3) is 0 Å². The molecule has 148 valence electrons. The molecule has 0 saturated carbocycles. The lowest BCUT2D eigenvalue weighted by Gasteiger charge is -2.16. The molecule has 2 rings (SSSR count). The van der Waals surface area contributed by atoms with Crippen molar-refractivity contribution < 1.29 is 32.9 Å². The smallest absolute Gasteiger partial charge is 0.443 e. The Kier molecular flexibility index (Phi) is 7.17. The molecule has 6 nitrogen and oxygen atoms in total. The molecule has 0 bridgehead atoms. The summed E-state index contributed by atoms with van der Waals surface area (Å²) in [5.41, 5.74) is 0.951. The topological polar surface area (TPSA) is 91.7 Å². The van der Waals surface area contributed by atoms with Crippen molar-refractivity contribution in [1.82, 2.24) is 10.3 Å². The Morgan fingerprint density at radius 1 is 1.33 bits per heavy atom. The van der Waals surface area contributed by atoms with Gasteiger partial charge in [0.15, 0.2) is 11.6 Å². The Bertz CT molecular complexity index is 749. The molecule has 2 aromatic rings. The number of carbonyl (C=O) groups is 1. The number of aliphatic hydroxyl groups is 1. The van der Waals surface area contributed by atoms with E-state index in [0.29, 0.717) is 23.5 Å². The summed E-state index contributed by atoms with van der Waals surface area (Å²) >= 11 is 0.456. The summed E-state index contributed by atoms with van der Waals surface area (Å²) in [6.07, 6.45) is -5.04. The molecule has 0 aliphatic carbocycles. The molecule has 1 aromatic heterocycles. The summed E-state index contributed by atoms with van der Waals surface area (Å²) in [4.78, 5) is 13.9. The van der Waals surface area contributed by atoms with Gasteiger partial charge in [-0.15, -0.1) is 11.3 Å². The van der Waals surface area contributed by atoms with E-state index in [4.69, 9.17) is 9.84 Å². The van der Waals surface area contributed by atoms with E-state index in [2.05, 4.69) is 10.3 Å². The van der Waals surface area contributed by atoms with E-state index in [0.717, 1.165) is 5.56 Å². The van der Waals surface area contributed by atoms with E-state index in [-0.39, 0.29) is 18.3 Å². The first-order valence-electron chi connectivity index (χ1n) is 8.02. The highest BCUT2D eigenvalue weighted by Crippen LogP contribution is 2.32. The Hall–Kier alpha value is -2.17. The number of aromatic nitrogens is 1. The number of carboxylic acids is 1. The molecule has 0 spiro atoms. The van der Waals surface area contributed by atoms with Gasteiger partial charge < -0.3 is 20.3 Å². The predicted octanol–water partition coefficient (Wildman–Crippen LogP) is 2.88. The SMILES string of the molecule is C[C@@H](Cc1ccc(OCC(=O)O)cc1)NC[C@H](O)c1csc(C(F)(F)F)n1. The molecule has 0 fully saturated rings. The number of thiazole rings is 1. The monoisotopic (exact) mass is 404 g/mol. The van der Waals surface area contributed by atoms with Crippen molar-refractivity contribution in [3.63, 3.8) is 0 Å². The molecule has 0 unspecified atom stereocenters. The molecule has 0 aliphatic rings. The highest BCUT2D eigenvalue weighted by molar-refractivity contribution is 7.09. The van der Waals surface area contributed by atoms with Crippen LogP contribution in [0.3, 0.4) is 0 Å². The lowest BCUT2D eigenvalue weighted by atomic mass is 10.1. The second-order valence-electron chi connectivity index (χ2n) is 5.93. The molecule has 1 aromatic carbocycles. The van der Waals surface area contributed by atoms with E-state index in [1.165, 1.54) is 5.38 Å². The van der Waals surface area contributed by atoms with Crippen molar-refractivity contribution in [1.29, 1.82) is 0 Å². The van der Waals surface area contributed by atoms with Crippen molar-refractivity contribution in [2.24, 2.45) is 0 Å². The molecule has 0 saturated heterocycles. The number of benzene rings is 1. The van der Waals surface area contributed by atoms with Crippen molar-refractivity contribution in [3.8, 4) is 5.75 Å². The van der Waals surface area contributed by atoms with E-state index in [9.17, 15) is 23.1 Å². The molecule has 0 amide bonds. The third kappa shape index (κ3) is 6.81. The van der Waals surface area contributed by atoms with Crippen LogP contribution in [0.2, 0.25) is 0 Å². The van der Waals surface area contributed by atoms with Gasteiger partial charge >= 0.3 is 12.1 Å². The first-order valence-corrected chi connectivity index (χ1v) is 8.90. The predicted molar refractivity (Wildman–Crippen MR) is 92.8 cm³/mol. The standard InChI is InChI=1S/C17H19F3N2O4S/c1-10(6-11-2-4-12(5-3-11)26-8-15(24)25)21-7-14(23)13-9-27-16(22-13)17(18,19)20/h2-5,9-10,14,21,23H,6-8H2,1H3,(H,24,25)/t10-,14-/m0/s1. The van der Waals surface area contributed by atoms with Crippen molar-refractivity contribution >= 4 is 17.3 Å². The summed E-state index contributed by atoms with van der Waals surface area (Å²) in [5.74, 6) is -0.612. The van der Waals surface area contributed by atoms with E-state index in [1.54, 1.807) is 24.3 Å². The lowest BCUT2D eigenvalue weighted by Crippen LogP contribution is -2.32. The molecule has 0 aliphatic heterocycles. The Morgan fingerprint density at radius 2 is 2.00 bits per heavy atom. The van der Waals surface area contributed by atoms with Gasteiger partial charge in [-0.2, -0.15) is 13.2 Å². The van der Waals surface area contributed by atoms with Crippen LogP contribution in [0.15, 0.2) is 29.6 Å². The lowest BCUT2D eigenvalue weighted by molar-refractivity contribution is -0.139. The van der Waals surface area contributed by atoms with E-state index in [1.807, 2.05) is 6.92 Å². The van der Waals surface area contributed by atoms with Crippen molar-refractivity contribution in [2.75, 3.05) is 13.2 Å². The number of hydrogen-bond acceptors (Lipinski definition) is 6. The van der Waals surface area contributed by atoms with Crippen LogP contribution in [0.5, 0.6) is 5.75 Å². The second kappa shape index (κ2) is 9.16. The zero-order valence-corrected chi connectivity index (χ0v) is 15.2. The van der Waals surface area contributed by atoms with Crippen LogP contribution in [0, 0.1) is 0 Å². The Labute approximate surface area is 157 Å². The minimum atomic E-state index is -4.51. The highest BCUT2D eigenvalue weighted by atomic mass is 32.1. The summed E-state index contributed by atoms with van der Waals surface area (Å²) < 4.78 is 42.7. The normalized spacial score (nSPS) is 14.0. The molecule has 10 heteroatoms. The Morgan fingerprint density at radius 3 is 2.56 bits per heavy atom. The van der Waals surface area contributed by atoms with Gasteiger partial charge in [-0.05, 0) is 31.0 Å². The second-order valence-corrected chi connectivity index (χ2v) is 6.79. The minimum absolute atomic E-state index is 0.00745. The zero-order valence-electron chi connectivity index (χ0n) is 14.4. The van der Waals surface area contributed by atoms with Crippen LogP contribution in [0.1, 0.15) is 29.3 Å². The number of aliphatic hydroxyl groups excluding tert-OH is 1. The number of rotatable bonds is 9. The molecule has 27 heavy (non-hydrogen) atoms. The van der Waals surface area contributed by atoms with Gasteiger partial charge in [0.05, 0.1) is 5.69 Å². The first kappa shape index (κ1) is 21.1. The molecule has 2 atom stereocenters. The van der Waals surface area contributed by atoms with Gasteiger partial charge in [-0.1, -0.05) is 12.1 Å². The van der Waals surface area contributed by atoms with Gasteiger partial charge in [0.25, 0.3) is 0 Å². The number of nitrogens with one attached hydrogen (secondary N) is 1. The first-order chi connectivity index (χ1) is 12.6. The van der Waals surface area contributed by atoms with Gasteiger partial charge in [-0.3, -0.25) is 0 Å². The van der Waals surface area contributed by atoms with Crippen LogP contribution < -0.4 is 10.1 Å².